The number of ether oxygens (including phenoxy) is 1. The SMILES string of the molecule is O=C1OCCN1CCN1CCC[C@@H]1[C@@H](O)C(F)(F)F. The maximum Gasteiger partial charge on any atom is 0.415 e. The van der Waals surface area contributed by atoms with Crippen LogP contribution in [0.5, 0.6) is 0 Å². The van der Waals surface area contributed by atoms with E-state index in [9.17, 15) is 23.1 Å². The Labute approximate surface area is 108 Å². The van der Waals surface area contributed by atoms with Gasteiger partial charge in [0.05, 0.1) is 6.54 Å². The Balaban J connectivity index is 1.87. The molecular weight excluding hydrogens is 265 g/mol. The molecule has 1 N–H and O–H groups in total. The number of halogens is 3. The smallest absolute Gasteiger partial charge is 0.415 e. The summed E-state index contributed by atoms with van der Waals surface area (Å²) in [5.41, 5.74) is 0. The van der Waals surface area contributed by atoms with Gasteiger partial charge in [-0.3, -0.25) is 4.90 Å². The minimum atomic E-state index is -4.60. The van der Waals surface area contributed by atoms with E-state index in [4.69, 9.17) is 4.74 Å². The zero-order valence-corrected chi connectivity index (χ0v) is 10.4. The first-order valence-electron chi connectivity index (χ1n) is 6.30. The molecule has 0 bridgehead atoms. The number of likely N-dealkylation sites (tertiary alicyclic amines) is 1. The van der Waals surface area contributed by atoms with Crippen LogP contribution in [-0.2, 0) is 4.74 Å². The quantitative estimate of drug-likeness (QED) is 0.829. The van der Waals surface area contributed by atoms with E-state index in [1.54, 1.807) is 4.90 Å². The van der Waals surface area contributed by atoms with E-state index in [2.05, 4.69) is 0 Å². The van der Waals surface area contributed by atoms with Crippen LogP contribution in [0.3, 0.4) is 0 Å². The summed E-state index contributed by atoms with van der Waals surface area (Å²) in [5.74, 6) is 0. The molecule has 5 nitrogen and oxygen atoms in total. The van der Waals surface area contributed by atoms with Gasteiger partial charge in [-0.15, -0.1) is 0 Å². The molecule has 0 spiro atoms. The summed E-state index contributed by atoms with van der Waals surface area (Å²) in [4.78, 5) is 14.3. The third-order valence-electron chi connectivity index (χ3n) is 3.62. The number of amides is 1. The number of hydrogen-bond donors (Lipinski definition) is 1. The molecule has 2 atom stereocenters. The van der Waals surface area contributed by atoms with Gasteiger partial charge in [0.15, 0.2) is 6.10 Å². The first kappa shape index (κ1) is 14.4. The highest BCUT2D eigenvalue weighted by atomic mass is 19.4. The molecule has 2 rings (SSSR count). The van der Waals surface area contributed by atoms with Crippen molar-refractivity contribution in [3.63, 3.8) is 0 Å². The average molecular weight is 282 g/mol. The monoisotopic (exact) mass is 282 g/mol. The summed E-state index contributed by atoms with van der Waals surface area (Å²) < 4.78 is 42.3. The number of hydrogen-bond acceptors (Lipinski definition) is 4. The molecule has 110 valence electrons. The summed E-state index contributed by atoms with van der Waals surface area (Å²) in [7, 11) is 0. The highest BCUT2D eigenvalue weighted by Crippen LogP contribution is 2.30. The van der Waals surface area contributed by atoms with Gasteiger partial charge in [-0.25, -0.2) is 4.79 Å². The van der Waals surface area contributed by atoms with E-state index >= 15 is 0 Å². The Bertz CT molecular complexity index is 338. The van der Waals surface area contributed by atoms with Gasteiger partial charge in [0.2, 0.25) is 0 Å². The van der Waals surface area contributed by atoms with Crippen molar-refractivity contribution >= 4 is 6.09 Å². The lowest BCUT2D eigenvalue weighted by Gasteiger charge is -2.30. The Kier molecular flexibility index (Phi) is 4.19. The van der Waals surface area contributed by atoms with Crippen LogP contribution in [0.4, 0.5) is 18.0 Å². The minimum absolute atomic E-state index is 0.325. The van der Waals surface area contributed by atoms with E-state index in [1.165, 1.54) is 4.90 Å². The van der Waals surface area contributed by atoms with Crippen LogP contribution < -0.4 is 0 Å². The van der Waals surface area contributed by atoms with Crippen LogP contribution in [-0.4, -0.2) is 72.1 Å². The molecule has 0 aromatic rings. The topological polar surface area (TPSA) is 53.0 Å². The fourth-order valence-electron chi connectivity index (χ4n) is 2.58. The van der Waals surface area contributed by atoms with Crippen LogP contribution in [0.1, 0.15) is 12.8 Å². The van der Waals surface area contributed by atoms with Gasteiger partial charge in [0.25, 0.3) is 0 Å². The van der Waals surface area contributed by atoms with E-state index in [0.717, 1.165) is 0 Å². The van der Waals surface area contributed by atoms with Crippen molar-refractivity contribution in [3.8, 4) is 0 Å². The van der Waals surface area contributed by atoms with Gasteiger partial charge in [-0.1, -0.05) is 0 Å². The Morgan fingerprint density at radius 2 is 2.11 bits per heavy atom. The Morgan fingerprint density at radius 3 is 2.68 bits per heavy atom. The molecule has 2 fully saturated rings. The summed E-state index contributed by atoms with van der Waals surface area (Å²) in [6, 6.07) is -0.904. The Hall–Kier alpha value is -1.02. The molecule has 1 amide bonds. The molecule has 2 saturated heterocycles. The van der Waals surface area contributed by atoms with Crippen molar-refractivity contribution in [2.24, 2.45) is 0 Å². The first-order valence-corrected chi connectivity index (χ1v) is 6.30. The van der Waals surface area contributed by atoms with Gasteiger partial charge in [-0.05, 0) is 19.4 Å². The summed E-state index contributed by atoms with van der Waals surface area (Å²) >= 11 is 0. The number of alkyl halides is 3. The molecule has 2 aliphatic heterocycles. The molecule has 2 aliphatic rings. The van der Waals surface area contributed by atoms with Crippen LogP contribution in [0.25, 0.3) is 0 Å². The van der Waals surface area contributed by atoms with Crippen molar-refractivity contribution in [1.82, 2.24) is 9.80 Å². The molecule has 0 aromatic heterocycles. The number of rotatable bonds is 4. The number of carbonyl (C=O) groups is 1. The van der Waals surface area contributed by atoms with Crippen molar-refractivity contribution in [1.29, 1.82) is 0 Å². The van der Waals surface area contributed by atoms with Gasteiger partial charge in [0.1, 0.15) is 6.61 Å². The second kappa shape index (κ2) is 5.54. The maximum absolute atomic E-state index is 12.5. The van der Waals surface area contributed by atoms with Gasteiger partial charge in [-0.2, -0.15) is 13.2 Å². The first-order chi connectivity index (χ1) is 8.89. The fourth-order valence-corrected chi connectivity index (χ4v) is 2.58. The highest BCUT2D eigenvalue weighted by Gasteiger charge is 2.46. The molecule has 0 radical (unpaired) electrons. The van der Waals surface area contributed by atoms with E-state index in [0.29, 0.717) is 45.6 Å². The molecule has 2 heterocycles. The van der Waals surface area contributed by atoms with Gasteiger partial charge >= 0.3 is 12.3 Å². The predicted molar refractivity (Wildman–Crippen MR) is 59.6 cm³/mol. The third kappa shape index (κ3) is 3.30. The zero-order chi connectivity index (χ0) is 14.0. The van der Waals surface area contributed by atoms with Crippen molar-refractivity contribution in [2.45, 2.75) is 31.2 Å². The second-order valence-corrected chi connectivity index (χ2v) is 4.83. The number of carbonyl (C=O) groups excluding carboxylic acids is 1. The molecule has 0 aromatic carbocycles. The van der Waals surface area contributed by atoms with E-state index in [-0.39, 0.29) is 0 Å². The average Bonchev–Trinajstić information content (AvgIpc) is 2.93. The molecule has 0 unspecified atom stereocenters. The van der Waals surface area contributed by atoms with Crippen LogP contribution in [0.15, 0.2) is 0 Å². The predicted octanol–water partition coefficient (Wildman–Crippen LogP) is 0.826. The standard InChI is InChI=1S/C11H17F3N2O3/c12-11(13,14)9(17)8-2-1-3-15(8)4-5-16-6-7-19-10(16)18/h8-9,17H,1-7H2/t8-,9-/m1/s1. The Morgan fingerprint density at radius 1 is 1.37 bits per heavy atom. The minimum Gasteiger partial charge on any atom is -0.448 e. The van der Waals surface area contributed by atoms with Gasteiger partial charge in [0, 0.05) is 19.1 Å². The molecule has 8 heteroatoms. The number of aliphatic hydroxyl groups is 1. The van der Waals surface area contributed by atoms with Crippen molar-refractivity contribution < 1.29 is 27.8 Å². The number of nitrogens with zero attached hydrogens (tertiary/aromatic N) is 2. The number of aliphatic hydroxyl groups excluding tert-OH is 1. The van der Waals surface area contributed by atoms with Crippen LogP contribution >= 0.6 is 0 Å². The van der Waals surface area contributed by atoms with Crippen LogP contribution in [0, 0.1) is 0 Å². The lowest BCUT2D eigenvalue weighted by atomic mass is 10.1. The number of cyclic esters (lactones) is 1. The highest BCUT2D eigenvalue weighted by molar-refractivity contribution is 5.69. The second-order valence-electron chi connectivity index (χ2n) is 4.83. The summed E-state index contributed by atoms with van der Waals surface area (Å²) in [6.45, 7) is 1.97. The molecule has 19 heavy (non-hydrogen) atoms. The maximum atomic E-state index is 12.5. The normalized spacial score (nSPS) is 26.8. The largest absolute Gasteiger partial charge is 0.448 e. The lowest BCUT2D eigenvalue weighted by Crippen LogP contribution is -2.48. The molecule has 0 aliphatic carbocycles. The molecule has 0 saturated carbocycles. The summed E-state index contributed by atoms with van der Waals surface area (Å²) in [6.07, 6.45) is -6.39. The van der Waals surface area contributed by atoms with E-state index < -0.39 is 24.4 Å². The lowest BCUT2D eigenvalue weighted by molar-refractivity contribution is -0.219. The van der Waals surface area contributed by atoms with Crippen molar-refractivity contribution in [2.75, 3.05) is 32.8 Å². The summed E-state index contributed by atoms with van der Waals surface area (Å²) in [5, 5.41) is 9.33. The van der Waals surface area contributed by atoms with Crippen LogP contribution in [0.2, 0.25) is 0 Å². The van der Waals surface area contributed by atoms with E-state index in [1.807, 2.05) is 0 Å². The zero-order valence-electron chi connectivity index (χ0n) is 10.4. The van der Waals surface area contributed by atoms with Gasteiger partial charge < -0.3 is 14.7 Å². The van der Waals surface area contributed by atoms with Crippen molar-refractivity contribution in [3.05, 3.63) is 0 Å². The third-order valence-corrected chi connectivity index (χ3v) is 3.62. The molecular formula is C11H17F3N2O3. The fraction of sp³-hybridized carbons (Fsp3) is 0.909.